The van der Waals surface area contributed by atoms with E-state index in [-0.39, 0.29) is 18.4 Å². The highest BCUT2D eigenvalue weighted by molar-refractivity contribution is 5.99. The van der Waals surface area contributed by atoms with Crippen LogP contribution in [0, 0.1) is 13.8 Å². The summed E-state index contributed by atoms with van der Waals surface area (Å²) in [5.41, 5.74) is 3.55. The maximum atomic E-state index is 12.4. The van der Waals surface area contributed by atoms with E-state index in [0.29, 0.717) is 29.3 Å². The Kier molecular flexibility index (Phi) is 6.29. The molecule has 0 bridgehead atoms. The number of para-hydroxylation sites is 1. The van der Waals surface area contributed by atoms with Gasteiger partial charge in [0.25, 0.3) is 5.91 Å². The van der Waals surface area contributed by atoms with Crippen molar-refractivity contribution in [2.24, 2.45) is 0 Å². The van der Waals surface area contributed by atoms with Crippen molar-refractivity contribution in [3.63, 3.8) is 0 Å². The molecular weight excluding hydrogens is 368 g/mol. The van der Waals surface area contributed by atoms with Crippen molar-refractivity contribution < 1.29 is 14.3 Å². The molecule has 0 fully saturated rings. The van der Waals surface area contributed by atoms with Crippen molar-refractivity contribution in [2.45, 2.75) is 20.8 Å². The summed E-state index contributed by atoms with van der Waals surface area (Å²) >= 11 is 0. The van der Waals surface area contributed by atoms with Gasteiger partial charge < -0.3 is 15.4 Å². The smallest absolute Gasteiger partial charge is 0.251 e. The first kappa shape index (κ1) is 20.1. The lowest BCUT2D eigenvalue weighted by atomic mass is 10.2. The molecule has 0 unspecified atom stereocenters. The first-order valence-electron chi connectivity index (χ1n) is 9.42. The highest BCUT2D eigenvalue weighted by Gasteiger charge is 2.16. The maximum absolute atomic E-state index is 12.4. The van der Waals surface area contributed by atoms with Crippen LogP contribution in [-0.4, -0.2) is 34.7 Å². The Morgan fingerprint density at radius 2 is 1.72 bits per heavy atom. The number of amides is 2. The number of carbonyl (C=O) groups excluding carboxylic acids is 2. The Bertz CT molecular complexity index is 995. The van der Waals surface area contributed by atoms with Crippen LogP contribution in [0.1, 0.15) is 28.7 Å². The fraction of sp³-hybridized carbons (Fsp3) is 0.227. The van der Waals surface area contributed by atoms with Crippen LogP contribution < -0.4 is 15.4 Å². The molecule has 0 spiro atoms. The average molecular weight is 392 g/mol. The molecule has 29 heavy (non-hydrogen) atoms. The summed E-state index contributed by atoms with van der Waals surface area (Å²) in [7, 11) is 0. The Hall–Kier alpha value is -3.61. The number of ether oxygens (including phenoxy) is 1. The molecule has 7 heteroatoms. The SMILES string of the molecule is CCOc1ccc(C(=O)NCC(=O)Nc2c(C)nn(-c3ccccc3)c2C)cc1. The molecule has 0 atom stereocenters. The maximum Gasteiger partial charge on any atom is 0.251 e. The van der Waals surface area contributed by atoms with Gasteiger partial charge in [0.05, 0.1) is 35.9 Å². The van der Waals surface area contributed by atoms with Gasteiger partial charge in [-0.15, -0.1) is 0 Å². The van der Waals surface area contributed by atoms with Gasteiger partial charge in [0, 0.05) is 5.56 Å². The van der Waals surface area contributed by atoms with E-state index in [1.807, 2.05) is 51.1 Å². The largest absolute Gasteiger partial charge is 0.494 e. The molecule has 0 aliphatic heterocycles. The van der Waals surface area contributed by atoms with Gasteiger partial charge in [0.15, 0.2) is 0 Å². The van der Waals surface area contributed by atoms with Gasteiger partial charge in [-0.1, -0.05) is 18.2 Å². The van der Waals surface area contributed by atoms with E-state index >= 15 is 0 Å². The minimum Gasteiger partial charge on any atom is -0.494 e. The minimum absolute atomic E-state index is 0.137. The van der Waals surface area contributed by atoms with Crippen molar-refractivity contribution in [1.82, 2.24) is 15.1 Å². The zero-order chi connectivity index (χ0) is 20.8. The zero-order valence-corrected chi connectivity index (χ0v) is 16.7. The lowest BCUT2D eigenvalue weighted by molar-refractivity contribution is -0.115. The lowest BCUT2D eigenvalue weighted by Crippen LogP contribution is -2.33. The summed E-state index contributed by atoms with van der Waals surface area (Å²) in [6, 6.07) is 16.5. The van der Waals surface area contributed by atoms with E-state index in [1.165, 1.54) is 0 Å². The van der Waals surface area contributed by atoms with Gasteiger partial charge in [-0.2, -0.15) is 5.10 Å². The number of carbonyl (C=O) groups is 2. The molecule has 2 N–H and O–H groups in total. The van der Waals surface area contributed by atoms with Crippen LogP contribution >= 0.6 is 0 Å². The lowest BCUT2D eigenvalue weighted by Gasteiger charge is -2.09. The number of hydrogen-bond acceptors (Lipinski definition) is 4. The molecule has 0 saturated carbocycles. The van der Waals surface area contributed by atoms with Crippen LogP contribution in [0.4, 0.5) is 5.69 Å². The van der Waals surface area contributed by atoms with Crippen LogP contribution in [0.3, 0.4) is 0 Å². The van der Waals surface area contributed by atoms with E-state index in [0.717, 1.165) is 11.4 Å². The number of rotatable bonds is 7. The third kappa shape index (κ3) is 4.82. The molecule has 3 rings (SSSR count). The number of hydrogen-bond donors (Lipinski definition) is 2. The fourth-order valence-corrected chi connectivity index (χ4v) is 2.96. The van der Waals surface area contributed by atoms with Crippen LogP contribution in [0.2, 0.25) is 0 Å². The number of aromatic nitrogens is 2. The number of benzene rings is 2. The van der Waals surface area contributed by atoms with Crippen molar-refractivity contribution >= 4 is 17.5 Å². The highest BCUT2D eigenvalue weighted by Crippen LogP contribution is 2.22. The fourth-order valence-electron chi connectivity index (χ4n) is 2.96. The first-order valence-corrected chi connectivity index (χ1v) is 9.42. The Morgan fingerprint density at radius 3 is 2.38 bits per heavy atom. The predicted molar refractivity (Wildman–Crippen MR) is 112 cm³/mol. The molecule has 0 radical (unpaired) electrons. The molecule has 0 aliphatic carbocycles. The van der Waals surface area contributed by atoms with E-state index < -0.39 is 0 Å². The van der Waals surface area contributed by atoms with Gasteiger partial charge in [0.2, 0.25) is 5.91 Å². The summed E-state index contributed by atoms with van der Waals surface area (Å²) in [6.45, 7) is 6.04. The molecule has 0 aliphatic rings. The van der Waals surface area contributed by atoms with Crippen LogP contribution in [-0.2, 0) is 4.79 Å². The molecular formula is C22H24N4O3. The van der Waals surface area contributed by atoms with E-state index in [9.17, 15) is 9.59 Å². The molecule has 0 saturated heterocycles. The summed E-state index contributed by atoms with van der Waals surface area (Å²) in [6.07, 6.45) is 0. The molecule has 1 heterocycles. The normalized spacial score (nSPS) is 10.4. The summed E-state index contributed by atoms with van der Waals surface area (Å²) in [5, 5.41) is 9.98. The van der Waals surface area contributed by atoms with Gasteiger partial charge in [-0.3, -0.25) is 9.59 Å². The number of nitrogens with one attached hydrogen (secondary N) is 2. The summed E-state index contributed by atoms with van der Waals surface area (Å²) in [4.78, 5) is 24.6. The second-order valence-corrected chi connectivity index (χ2v) is 6.48. The third-order valence-corrected chi connectivity index (χ3v) is 4.39. The molecule has 3 aromatic rings. The third-order valence-electron chi connectivity index (χ3n) is 4.39. The molecule has 1 aromatic heterocycles. The van der Waals surface area contributed by atoms with Crippen molar-refractivity contribution in [1.29, 1.82) is 0 Å². The second kappa shape index (κ2) is 9.05. The summed E-state index contributed by atoms with van der Waals surface area (Å²) < 4.78 is 7.14. The van der Waals surface area contributed by atoms with Gasteiger partial charge in [-0.05, 0) is 57.2 Å². The van der Waals surface area contributed by atoms with Crippen molar-refractivity contribution in [3.05, 3.63) is 71.5 Å². The van der Waals surface area contributed by atoms with E-state index in [4.69, 9.17) is 4.74 Å². The molecule has 2 aromatic carbocycles. The second-order valence-electron chi connectivity index (χ2n) is 6.48. The summed E-state index contributed by atoms with van der Waals surface area (Å²) in [5.74, 6) is 0.0582. The minimum atomic E-state index is -0.323. The highest BCUT2D eigenvalue weighted by atomic mass is 16.5. The van der Waals surface area contributed by atoms with Crippen LogP contribution in [0.25, 0.3) is 5.69 Å². The molecule has 7 nitrogen and oxygen atoms in total. The predicted octanol–water partition coefficient (Wildman–Crippen LogP) is 3.26. The Balaban J connectivity index is 1.61. The number of nitrogens with zero attached hydrogens (tertiary/aromatic N) is 2. The molecule has 150 valence electrons. The zero-order valence-electron chi connectivity index (χ0n) is 16.7. The van der Waals surface area contributed by atoms with Gasteiger partial charge in [0.1, 0.15) is 5.75 Å². The van der Waals surface area contributed by atoms with Crippen LogP contribution in [0.5, 0.6) is 5.75 Å². The Morgan fingerprint density at radius 1 is 1.03 bits per heavy atom. The van der Waals surface area contributed by atoms with E-state index in [1.54, 1.807) is 28.9 Å². The number of aryl methyl sites for hydroxylation is 1. The topological polar surface area (TPSA) is 85.2 Å². The van der Waals surface area contributed by atoms with Crippen molar-refractivity contribution in [3.8, 4) is 11.4 Å². The van der Waals surface area contributed by atoms with Crippen LogP contribution in [0.15, 0.2) is 54.6 Å². The van der Waals surface area contributed by atoms with Gasteiger partial charge >= 0.3 is 0 Å². The standard InChI is InChI=1S/C22H24N4O3/c1-4-29-19-12-10-17(11-13-19)22(28)23-14-20(27)24-21-15(2)25-26(16(21)3)18-8-6-5-7-9-18/h5-13H,4,14H2,1-3H3,(H,23,28)(H,24,27). The molecule has 2 amide bonds. The number of anilines is 1. The first-order chi connectivity index (χ1) is 14.0. The average Bonchev–Trinajstić information content (AvgIpc) is 3.01. The monoisotopic (exact) mass is 392 g/mol. The van der Waals surface area contributed by atoms with Crippen molar-refractivity contribution in [2.75, 3.05) is 18.5 Å². The van der Waals surface area contributed by atoms with Gasteiger partial charge in [-0.25, -0.2) is 4.68 Å². The van der Waals surface area contributed by atoms with E-state index in [2.05, 4.69) is 15.7 Å². The quantitative estimate of drug-likeness (QED) is 0.646. The Labute approximate surface area is 169 Å².